The van der Waals surface area contributed by atoms with Crippen LogP contribution in [0.25, 0.3) is 0 Å². The van der Waals surface area contributed by atoms with Crippen LogP contribution >= 0.6 is 0 Å². The lowest BCUT2D eigenvalue weighted by molar-refractivity contribution is 0.368. The second kappa shape index (κ2) is 15.1. The number of allylic oxidation sites excluding steroid dienone is 8. The summed E-state index contributed by atoms with van der Waals surface area (Å²) in [5, 5.41) is 0. The fourth-order valence-electron chi connectivity index (χ4n) is 8.21. The summed E-state index contributed by atoms with van der Waals surface area (Å²) < 4.78 is 41.5. The van der Waals surface area contributed by atoms with E-state index < -0.39 is 7.25 Å². The highest BCUT2D eigenvalue weighted by atomic mass is 19.5. The third kappa shape index (κ3) is 7.55. The summed E-state index contributed by atoms with van der Waals surface area (Å²) in [7, 11) is -6.00. The number of halogens is 4. The topological polar surface area (TPSA) is 9.49 Å². The highest BCUT2D eigenvalue weighted by molar-refractivity contribution is 6.50. The molecular weight excluding hydrogens is 669 g/mol. The van der Waals surface area contributed by atoms with Gasteiger partial charge in [-0.15, -0.1) is 0 Å². The van der Waals surface area contributed by atoms with E-state index >= 15 is 0 Å². The Labute approximate surface area is 312 Å². The minimum Gasteiger partial charge on any atom is -0.418 e. The Morgan fingerprint density at radius 3 is 1.25 bits per heavy atom. The molecule has 4 aromatic rings. The number of fused-ring (bicyclic) bond motifs is 2. The molecular formula is C45H48BF4N3. The first-order valence-electron chi connectivity index (χ1n) is 18.5. The van der Waals surface area contributed by atoms with Gasteiger partial charge >= 0.3 is 7.25 Å². The Hall–Kier alpha value is -5.11. The molecule has 2 aliphatic heterocycles. The highest BCUT2D eigenvalue weighted by Gasteiger charge is 2.41. The van der Waals surface area contributed by atoms with Gasteiger partial charge in [0, 0.05) is 82.1 Å². The van der Waals surface area contributed by atoms with Crippen molar-refractivity contribution < 1.29 is 17.3 Å². The summed E-state index contributed by atoms with van der Waals surface area (Å²) in [5.41, 5.74) is 14.4. The molecule has 3 nitrogen and oxygen atoms in total. The van der Waals surface area contributed by atoms with Crippen LogP contribution < -0.4 is 14.4 Å². The molecule has 0 N–H and O–H groups in total. The van der Waals surface area contributed by atoms with Gasteiger partial charge in [-0.05, 0) is 62.1 Å². The molecule has 53 heavy (non-hydrogen) atoms. The largest absolute Gasteiger partial charge is 0.673 e. The van der Waals surface area contributed by atoms with Crippen LogP contribution in [-0.2, 0) is 10.8 Å². The Balaban J connectivity index is 0.000000902. The molecule has 0 unspecified atom stereocenters. The van der Waals surface area contributed by atoms with Gasteiger partial charge in [-0.3, -0.25) is 0 Å². The van der Waals surface area contributed by atoms with E-state index in [0.717, 1.165) is 25.9 Å². The van der Waals surface area contributed by atoms with Crippen LogP contribution in [0.4, 0.5) is 40.0 Å². The van der Waals surface area contributed by atoms with Crippen molar-refractivity contribution in [1.29, 1.82) is 0 Å². The minimum atomic E-state index is -6.00. The SMILES string of the molecule is CCN1C(=CC=C2CC/C(=C\C=C3\N(CC)c4ccccc4C3(C)C)C2=[N+](c2ccccc2)c2ccccc2)C(C)(C)c2ccccc21.F[B-](F)(F)F. The molecule has 3 aliphatic rings. The summed E-state index contributed by atoms with van der Waals surface area (Å²) in [6.45, 7) is 15.9. The number of likely N-dealkylation sites (N-methyl/N-ethyl adjacent to an activating group) is 2. The number of hydrogen-bond donors (Lipinski definition) is 0. The maximum atomic E-state index is 9.75. The smallest absolute Gasteiger partial charge is 0.418 e. The first-order chi connectivity index (χ1) is 25.3. The predicted octanol–water partition coefficient (Wildman–Crippen LogP) is 12.3. The summed E-state index contributed by atoms with van der Waals surface area (Å²) in [6.07, 6.45) is 11.6. The van der Waals surface area contributed by atoms with Crippen molar-refractivity contribution in [3.8, 4) is 0 Å². The molecule has 4 aromatic carbocycles. The van der Waals surface area contributed by atoms with Crippen LogP contribution in [0.15, 0.2) is 156 Å². The zero-order valence-corrected chi connectivity index (χ0v) is 31.5. The van der Waals surface area contributed by atoms with Crippen molar-refractivity contribution >= 4 is 35.7 Å². The van der Waals surface area contributed by atoms with Gasteiger partial charge in [0.2, 0.25) is 17.1 Å². The van der Waals surface area contributed by atoms with Gasteiger partial charge in [-0.25, -0.2) is 0 Å². The maximum Gasteiger partial charge on any atom is 0.673 e. The van der Waals surface area contributed by atoms with Crippen molar-refractivity contribution in [3.05, 3.63) is 167 Å². The Morgan fingerprint density at radius 2 is 0.887 bits per heavy atom. The van der Waals surface area contributed by atoms with Gasteiger partial charge in [-0.1, -0.05) is 113 Å². The Kier molecular flexibility index (Phi) is 10.7. The summed E-state index contributed by atoms with van der Waals surface area (Å²) in [6, 6.07) is 39.5. The molecule has 0 amide bonds. The van der Waals surface area contributed by atoms with Crippen LogP contribution in [0.2, 0.25) is 0 Å². The van der Waals surface area contributed by atoms with Gasteiger partial charge in [0.25, 0.3) is 0 Å². The molecule has 0 spiro atoms. The zero-order valence-electron chi connectivity index (χ0n) is 31.5. The highest BCUT2D eigenvalue weighted by Crippen LogP contribution is 2.49. The average molecular weight is 718 g/mol. The molecule has 0 aromatic heterocycles. The van der Waals surface area contributed by atoms with E-state index in [0.29, 0.717) is 0 Å². The van der Waals surface area contributed by atoms with Crippen molar-refractivity contribution in [2.45, 2.75) is 65.2 Å². The standard InChI is InChI=1S/C45H48N3.BF4/c1-7-46-39-25-17-15-23-37(39)44(3,4)41(46)31-29-33-27-28-34(30-32-42-45(5,6)38-24-16-18-26-40(38)47(42)8-2)43(33)48(35-19-11-9-12-20-35)36-21-13-10-14-22-36;2-1(3,4)5/h9-26,29-32H,7-8,27-28H2,1-6H3;/q+1;-1. The fraction of sp³-hybridized carbons (Fsp3) is 0.267. The molecule has 0 saturated heterocycles. The van der Waals surface area contributed by atoms with Crippen LogP contribution in [0.1, 0.15) is 65.5 Å². The van der Waals surface area contributed by atoms with Crippen LogP contribution in [0, 0.1) is 0 Å². The number of anilines is 2. The molecule has 274 valence electrons. The van der Waals surface area contributed by atoms with Crippen LogP contribution in [-0.4, -0.2) is 26.1 Å². The van der Waals surface area contributed by atoms with Gasteiger partial charge in [0.1, 0.15) is 0 Å². The lowest BCUT2D eigenvalue weighted by Gasteiger charge is -2.26. The second-order valence-electron chi connectivity index (χ2n) is 14.6. The summed E-state index contributed by atoms with van der Waals surface area (Å²) >= 11 is 0. The molecule has 2 heterocycles. The number of hydrogen-bond acceptors (Lipinski definition) is 2. The fourth-order valence-corrected chi connectivity index (χ4v) is 8.21. The summed E-state index contributed by atoms with van der Waals surface area (Å²) in [4.78, 5) is 4.99. The van der Waals surface area contributed by atoms with Crippen molar-refractivity contribution in [2.75, 3.05) is 22.9 Å². The number of para-hydroxylation sites is 4. The lowest BCUT2D eigenvalue weighted by atomic mass is 9.83. The first kappa shape index (κ1) is 37.6. The normalized spacial score (nSPS) is 20.2. The molecule has 8 heteroatoms. The minimum absolute atomic E-state index is 0.0727. The number of nitrogens with zero attached hydrogens (tertiary/aromatic N) is 3. The van der Waals surface area contributed by atoms with E-state index in [9.17, 15) is 17.3 Å². The molecule has 0 atom stereocenters. The van der Waals surface area contributed by atoms with Crippen molar-refractivity contribution in [3.63, 3.8) is 0 Å². The van der Waals surface area contributed by atoms with Gasteiger partial charge in [-0.2, -0.15) is 4.58 Å². The molecule has 1 aliphatic carbocycles. The van der Waals surface area contributed by atoms with Crippen LogP contribution in [0.5, 0.6) is 0 Å². The molecule has 1 fully saturated rings. The molecule has 7 rings (SSSR count). The maximum absolute atomic E-state index is 9.75. The molecule has 1 saturated carbocycles. The summed E-state index contributed by atoms with van der Waals surface area (Å²) in [5.74, 6) is 0. The van der Waals surface area contributed by atoms with Gasteiger partial charge < -0.3 is 27.1 Å². The lowest BCUT2D eigenvalue weighted by Crippen LogP contribution is -2.26. The first-order valence-corrected chi connectivity index (χ1v) is 18.5. The van der Waals surface area contributed by atoms with E-state index in [4.69, 9.17) is 0 Å². The molecule has 0 radical (unpaired) electrons. The zero-order chi connectivity index (χ0) is 38.0. The van der Waals surface area contributed by atoms with E-state index in [1.54, 1.807) is 0 Å². The van der Waals surface area contributed by atoms with Crippen LogP contribution in [0.3, 0.4) is 0 Å². The number of benzene rings is 4. The molecule has 0 bridgehead atoms. The Morgan fingerprint density at radius 1 is 0.547 bits per heavy atom. The van der Waals surface area contributed by atoms with E-state index in [1.807, 2.05) is 0 Å². The third-order valence-electron chi connectivity index (χ3n) is 10.6. The Bertz CT molecular complexity index is 1960. The van der Waals surface area contributed by atoms with E-state index in [1.165, 1.54) is 62.1 Å². The monoisotopic (exact) mass is 717 g/mol. The van der Waals surface area contributed by atoms with Crippen molar-refractivity contribution in [2.24, 2.45) is 0 Å². The third-order valence-corrected chi connectivity index (χ3v) is 10.6. The van der Waals surface area contributed by atoms with E-state index in [-0.39, 0.29) is 10.8 Å². The van der Waals surface area contributed by atoms with Gasteiger partial charge in [0.15, 0.2) is 0 Å². The number of rotatable bonds is 6. The second-order valence-corrected chi connectivity index (χ2v) is 14.6. The predicted molar refractivity (Wildman–Crippen MR) is 216 cm³/mol. The quantitative estimate of drug-likeness (QED) is 0.112. The van der Waals surface area contributed by atoms with Crippen molar-refractivity contribution in [1.82, 2.24) is 4.58 Å². The van der Waals surface area contributed by atoms with E-state index in [2.05, 4.69) is 189 Å². The average Bonchev–Trinajstić information content (AvgIpc) is 3.71. The van der Waals surface area contributed by atoms with Gasteiger partial charge in [0.05, 0.1) is 0 Å².